The zero-order valence-corrected chi connectivity index (χ0v) is 26.1. The van der Waals surface area contributed by atoms with Crippen molar-refractivity contribution in [2.45, 2.75) is 77.2 Å². The lowest BCUT2D eigenvalue weighted by atomic mass is 9.97. The molecule has 0 unspecified atom stereocenters. The van der Waals surface area contributed by atoms with Gasteiger partial charge in [0, 0.05) is 19.9 Å². The summed E-state index contributed by atoms with van der Waals surface area (Å²) >= 11 is 0. The molecule has 11 nitrogen and oxygen atoms in total. The second-order valence-corrected chi connectivity index (χ2v) is 12.1. The van der Waals surface area contributed by atoms with E-state index in [1.165, 1.54) is 11.9 Å². The molecule has 0 saturated carbocycles. The fraction of sp³-hybridized carbons (Fsp3) is 0.485. The van der Waals surface area contributed by atoms with Crippen LogP contribution in [0.4, 0.5) is 0 Å². The van der Waals surface area contributed by atoms with Crippen molar-refractivity contribution in [3.8, 4) is 0 Å². The highest BCUT2D eigenvalue weighted by Crippen LogP contribution is 2.16. The molecule has 0 spiro atoms. The molecule has 5 atom stereocenters. The van der Waals surface area contributed by atoms with Crippen molar-refractivity contribution in [1.82, 2.24) is 26.2 Å². The molecule has 1 aliphatic heterocycles. The van der Waals surface area contributed by atoms with Gasteiger partial charge in [0.25, 0.3) is 0 Å². The minimum Gasteiger partial charge on any atom is -0.394 e. The van der Waals surface area contributed by atoms with Crippen molar-refractivity contribution < 1.29 is 29.1 Å². The third-order valence-corrected chi connectivity index (χ3v) is 7.69. The fourth-order valence-corrected chi connectivity index (χ4v) is 5.15. The molecular weight excluding hydrogens is 562 g/mol. The molecule has 2 aromatic rings. The number of carbonyl (C=O) groups excluding carboxylic acids is 5. The minimum atomic E-state index is -1.38. The Kier molecular flexibility index (Phi) is 12.5. The van der Waals surface area contributed by atoms with Crippen LogP contribution in [0, 0.1) is 11.8 Å². The summed E-state index contributed by atoms with van der Waals surface area (Å²) in [6, 6.07) is 12.7. The lowest BCUT2D eigenvalue weighted by Crippen LogP contribution is -2.59. The third kappa shape index (κ3) is 9.37. The molecule has 5 amide bonds. The van der Waals surface area contributed by atoms with Gasteiger partial charge in [-0.3, -0.25) is 24.0 Å². The molecule has 1 heterocycles. The molecular formula is C33H45N5O6. The van der Waals surface area contributed by atoms with Crippen LogP contribution in [0.3, 0.4) is 0 Å². The van der Waals surface area contributed by atoms with Gasteiger partial charge in [-0.25, -0.2) is 0 Å². The number of nitrogens with zero attached hydrogens (tertiary/aromatic N) is 1. The van der Waals surface area contributed by atoms with Crippen LogP contribution in [0.15, 0.2) is 60.7 Å². The Morgan fingerprint density at radius 1 is 0.659 bits per heavy atom. The topological polar surface area (TPSA) is 157 Å². The molecule has 0 aliphatic carbocycles. The number of benzene rings is 2. The summed E-state index contributed by atoms with van der Waals surface area (Å²) in [6.45, 7) is 6.62. The Bertz CT molecular complexity index is 1290. The number of amides is 5. The van der Waals surface area contributed by atoms with Gasteiger partial charge in [-0.15, -0.1) is 0 Å². The first kappa shape index (κ1) is 34.2. The molecule has 5 N–H and O–H groups in total. The van der Waals surface area contributed by atoms with Gasteiger partial charge in [0.15, 0.2) is 0 Å². The number of hydrogen-bond acceptors (Lipinski definition) is 6. The Morgan fingerprint density at radius 3 is 1.66 bits per heavy atom. The second-order valence-electron chi connectivity index (χ2n) is 12.1. The van der Waals surface area contributed by atoms with E-state index in [1.807, 2.05) is 62.4 Å². The van der Waals surface area contributed by atoms with Crippen LogP contribution in [-0.4, -0.2) is 83.4 Å². The quantitative estimate of drug-likeness (QED) is 0.301. The van der Waals surface area contributed by atoms with Crippen molar-refractivity contribution in [2.24, 2.45) is 11.8 Å². The van der Waals surface area contributed by atoms with Crippen LogP contribution in [0.1, 0.15) is 45.2 Å². The molecule has 3 rings (SSSR count). The number of nitrogens with one attached hydrogen (secondary N) is 4. The van der Waals surface area contributed by atoms with Crippen LogP contribution < -0.4 is 21.3 Å². The average Bonchev–Trinajstić information content (AvgIpc) is 2.99. The van der Waals surface area contributed by atoms with Gasteiger partial charge < -0.3 is 31.3 Å². The van der Waals surface area contributed by atoms with E-state index < -0.39 is 66.4 Å². The van der Waals surface area contributed by atoms with Crippen molar-refractivity contribution in [1.29, 1.82) is 0 Å². The maximum atomic E-state index is 14.0. The highest BCUT2D eigenvalue weighted by Gasteiger charge is 2.38. The third-order valence-electron chi connectivity index (χ3n) is 7.69. The molecule has 238 valence electrons. The van der Waals surface area contributed by atoms with E-state index in [2.05, 4.69) is 21.3 Å². The average molecular weight is 608 g/mol. The summed E-state index contributed by atoms with van der Waals surface area (Å²) in [4.78, 5) is 69.7. The number of hydrogen-bond donors (Lipinski definition) is 5. The molecule has 0 aromatic heterocycles. The number of aliphatic hydroxyl groups excluding tert-OH is 1. The second kappa shape index (κ2) is 16.0. The summed E-state index contributed by atoms with van der Waals surface area (Å²) in [6.07, 6.45) is 0.507. The van der Waals surface area contributed by atoms with Crippen molar-refractivity contribution in [3.63, 3.8) is 0 Å². The predicted molar refractivity (Wildman–Crippen MR) is 166 cm³/mol. The van der Waals surface area contributed by atoms with Crippen LogP contribution in [0.5, 0.6) is 0 Å². The van der Waals surface area contributed by atoms with Gasteiger partial charge in [0.1, 0.15) is 30.2 Å². The molecule has 0 radical (unpaired) electrons. The van der Waals surface area contributed by atoms with E-state index in [0.29, 0.717) is 0 Å². The first-order valence-electron chi connectivity index (χ1n) is 15.1. The van der Waals surface area contributed by atoms with Gasteiger partial charge >= 0.3 is 0 Å². The zero-order chi connectivity index (χ0) is 32.4. The Labute approximate surface area is 259 Å². The van der Waals surface area contributed by atoms with Gasteiger partial charge in [-0.2, -0.15) is 0 Å². The Balaban J connectivity index is 2.10. The smallest absolute Gasteiger partial charge is 0.245 e. The summed E-state index contributed by atoms with van der Waals surface area (Å²) < 4.78 is 0. The lowest BCUT2D eigenvalue weighted by Gasteiger charge is -2.33. The Hall–Kier alpha value is -4.25. The monoisotopic (exact) mass is 607 g/mol. The summed E-state index contributed by atoms with van der Waals surface area (Å²) in [5, 5.41) is 20.9. The molecule has 44 heavy (non-hydrogen) atoms. The molecule has 1 saturated heterocycles. The maximum Gasteiger partial charge on any atom is 0.245 e. The summed E-state index contributed by atoms with van der Waals surface area (Å²) in [5.74, 6) is -3.43. The molecule has 1 fully saturated rings. The maximum absolute atomic E-state index is 14.0. The first-order valence-corrected chi connectivity index (χ1v) is 15.1. The first-order chi connectivity index (χ1) is 20.9. The number of rotatable bonds is 8. The van der Waals surface area contributed by atoms with Gasteiger partial charge in [-0.05, 0) is 29.4 Å². The molecule has 11 heteroatoms. The highest BCUT2D eigenvalue weighted by atomic mass is 16.3. The number of likely N-dealkylation sites (N-methyl/N-ethyl adjacent to an activating group) is 1. The largest absolute Gasteiger partial charge is 0.394 e. The highest BCUT2D eigenvalue weighted by molar-refractivity contribution is 5.98. The molecule has 2 aromatic carbocycles. The molecule has 1 aliphatic rings. The lowest BCUT2D eigenvalue weighted by molar-refractivity contribution is -0.143. The predicted octanol–water partition coefficient (Wildman–Crippen LogP) is 0.946. The van der Waals surface area contributed by atoms with Crippen molar-refractivity contribution >= 4 is 29.5 Å². The van der Waals surface area contributed by atoms with Crippen LogP contribution in [-0.2, 0) is 36.8 Å². The summed E-state index contributed by atoms with van der Waals surface area (Å²) in [7, 11) is 1.51. The zero-order valence-electron chi connectivity index (χ0n) is 26.1. The van der Waals surface area contributed by atoms with Crippen LogP contribution in [0.25, 0.3) is 0 Å². The van der Waals surface area contributed by atoms with E-state index in [0.717, 1.165) is 11.1 Å². The van der Waals surface area contributed by atoms with Crippen LogP contribution >= 0.6 is 0 Å². The van der Waals surface area contributed by atoms with E-state index >= 15 is 0 Å². The van der Waals surface area contributed by atoms with Crippen molar-refractivity contribution in [2.75, 3.05) is 13.7 Å². The SMILES string of the molecule is CC(C)C[C@@H]1NC(=O)[C@H](CO)NC(=O)[C@H](Cc2ccccc2)NC(=O)[C@@H](Cc2ccccc2)N(C)C(=O)[C@H](C(C)C)NC1=O. The van der Waals surface area contributed by atoms with E-state index in [-0.39, 0.29) is 31.1 Å². The minimum absolute atomic E-state index is 0.00139. The molecule has 0 bridgehead atoms. The summed E-state index contributed by atoms with van der Waals surface area (Å²) in [5.41, 5.74) is 1.55. The standard InChI is InChI=1S/C33H45N5O6/c1-20(2)16-24-30(41)37-28(21(3)4)33(44)38(5)27(18-23-14-10-7-11-15-23)32(43)35-25(17-22-12-8-6-9-13-22)29(40)36-26(19-39)31(42)34-24/h6-15,20-21,24-28,39H,16-19H2,1-5H3,(H,34,42)(H,35,43)(H,36,40)(H,37,41)/t24-,25-,26-,27+,28-/m0/s1. The van der Waals surface area contributed by atoms with E-state index in [9.17, 15) is 29.1 Å². The fourth-order valence-electron chi connectivity index (χ4n) is 5.15. The number of aliphatic hydroxyl groups is 1. The van der Waals surface area contributed by atoms with E-state index in [4.69, 9.17) is 0 Å². The van der Waals surface area contributed by atoms with Gasteiger partial charge in [0.2, 0.25) is 29.5 Å². The normalized spacial score (nSPS) is 24.2. The van der Waals surface area contributed by atoms with Gasteiger partial charge in [-0.1, -0.05) is 88.4 Å². The van der Waals surface area contributed by atoms with Gasteiger partial charge in [0.05, 0.1) is 6.61 Å². The van der Waals surface area contributed by atoms with Crippen molar-refractivity contribution in [3.05, 3.63) is 71.8 Å². The Morgan fingerprint density at radius 2 is 1.14 bits per heavy atom. The number of carbonyl (C=O) groups is 5. The van der Waals surface area contributed by atoms with Crippen LogP contribution in [0.2, 0.25) is 0 Å². The van der Waals surface area contributed by atoms with E-state index in [1.54, 1.807) is 26.0 Å².